The first-order valence-corrected chi connectivity index (χ1v) is 6.03. The van der Waals surface area contributed by atoms with Gasteiger partial charge >= 0.3 is 5.97 Å². The van der Waals surface area contributed by atoms with Crippen LogP contribution in [-0.4, -0.2) is 25.0 Å². The van der Waals surface area contributed by atoms with Gasteiger partial charge in [0.1, 0.15) is 0 Å². The topological polar surface area (TPSA) is 55.4 Å². The molecule has 0 radical (unpaired) electrons. The summed E-state index contributed by atoms with van der Waals surface area (Å²) < 4.78 is 5.23. The molecule has 1 rings (SSSR count). The fraction of sp³-hybridized carbons (Fsp3) is 0.429. The van der Waals surface area contributed by atoms with Gasteiger partial charge in [-0.25, -0.2) is 4.79 Å². The van der Waals surface area contributed by atoms with Crippen molar-refractivity contribution >= 4 is 11.9 Å². The minimum Gasteiger partial charge on any atom is -0.459 e. The number of amides is 1. The Morgan fingerprint density at radius 1 is 1.39 bits per heavy atom. The molecule has 1 N–H and O–H groups in total. The normalized spacial score (nSPS) is 11.8. The van der Waals surface area contributed by atoms with E-state index in [-0.39, 0.29) is 18.0 Å². The molecule has 1 atom stereocenters. The Morgan fingerprint density at radius 2 is 2.06 bits per heavy atom. The molecular weight excluding hydrogens is 230 g/mol. The fourth-order valence-electron chi connectivity index (χ4n) is 1.51. The van der Waals surface area contributed by atoms with Crippen LogP contribution in [0.25, 0.3) is 0 Å². The highest BCUT2D eigenvalue weighted by atomic mass is 16.5. The number of nitrogens with one attached hydrogen (secondary N) is 1. The minimum absolute atomic E-state index is 0.101. The van der Waals surface area contributed by atoms with Crippen LogP contribution >= 0.6 is 0 Å². The van der Waals surface area contributed by atoms with E-state index < -0.39 is 0 Å². The number of benzene rings is 1. The lowest BCUT2D eigenvalue weighted by Crippen LogP contribution is -2.19. The molecule has 0 fully saturated rings. The Balaban J connectivity index is 2.90. The first-order chi connectivity index (χ1) is 8.49. The Bertz CT molecular complexity index is 454. The van der Waals surface area contributed by atoms with Crippen LogP contribution in [0.5, 0.6) is 0 Å². The summed E-state index contributed by atoms with van der Waals surface area (Å²) in [4.78, 5) is 23.3. The zero-order chi connectivity index (χ0) is 13.7. The van der Waals surface area contributed by atoms with Crippen molar-refractivity contribution in [3.05, 3.63) is 34.9 Å². The molecule has 18 heavy (non-hydrogen) atoms. The maximum absolute atomic E-state index is 11.8. The molecule has 98 valence electrons. The number of aryl methyl sites for hydroxylation is 1. The largest absolute Gasteiger partial charge is 0.459 e. The zero-order valence-corrected chi connectivity index (χ0v) is 11.2. The molecule has 1 aromatic carbocycles. The van der Waals surface area contributed by atoms with Crippen LogP contribution in [0.2, 0.25) is 0 Å². The van der Waals surface area contributed by atoms with E-state index >= 15 is 0 Å². The van der Waals surface area contributed by atoms with Gasteiger partial charge in [0.05, 0.1) is 11.7 Å². The van der Waals surface area contributed by atoms with E-state index in [2.05, 4.69) is 5.32 Å². The third-order valence-corrected chi connectivity index (χ3v) is 2.82. The molecule has 1 aromatic rings. The smallest absolute Gasteiger partial charge is 0.338 e. The fourth-order valence-corrected chi connectivity index (χ4v) is 1.51. The molecule has 0 heterocycles. The van der Waals surface area contributed by atoms with Crippen molar-refractivity contribution in [3.63, 3.8) is 0 Å². The lowest BCUT2D eigenvalue weighted by Gasteiger charge is -2.12. The minimum atomic E-state index is -0.351. The predicted molar refractivity (Wildman–Crippen MR) is 69.7 cm³/mol. The molecule has 0 saturated carbocycles. The second kappa shape index (κ2) is 6.19. The predicted octanol–water partition coefficient (Wildman–Crippen LogP) is 2.31. The van der Waals surface area contributed by atoms with Crippen molar-refractivity contribution in [2.45, 2.75) is 33.3 Å². The Kier molecular flexibility index (Phi) is 4.89. The molecule has 0 saturated heterocycles. The number of rotatable bonds is 4. The van der Waals surface area contributed by atoms with E-state index in [0.717, 1.165) is 12.0 Å². The molecule has 0 aliphatic rings. The van der Waals surface area contributed by atoms with Crippen molar-refractivity contribution in [3.8, 4) is 0 Å². The summed E-state index contributed by atoms with van der Waals surface area (Å²) in [6.07, 6.45) is 0.678. The third kappa shape index (κ3) is 3.32. The number of hydrogen-bond acceptors (Lipinski definition) is 3. The van der Waals surface area contributed by atoms with Gasteiger partial charge in [0.25, 0.3) is 5.91 Å². The summed E-state index contributed by atoms with van der Waals surface area (Å²) in [6, 6.07) is 4.93. The Labute approximate surface area is 107 Å². The van der Waals surface area contributed by atoms with Crippen LogP contribution in [0.3, 0.4) is 0 Å². The van der Waals surface area contributed by atoms with Gasteiger partial charge in [0.15, 0.2) is 0 Å². The molecule has 0 aliphatic heterocycles. The molecule has 1 amide bonds. The van der Waals surface area contributed by atoms with Crippen molar-refractivity contribution in [2.24, 2.45) is 0 Å². The Hall–Kier alpha value is -1.84. The number of ether oxygens (including phenoxy) is 1. The maximum atomic E-state index is 11.8. The third-order valence-electron chi connectivity index (χ3n) is 2.82. The lowest BCUT2D eigenvalue weighted by molar-refractivity contribution is 0.0334. The van der Waals surface area contributed by atoms with Crippen molar-refractivity contribution in [2.75, 3.05) is 7.05 Å². The van der Waals surface area contributed by atoms with Gasteiger partial charge in [-0.2, -0.15) is 0 Å². The van der Waals surface area contributed by atoms with E-state index in [1.54, 1.807) is 32.2 Å². The quantitative estimate of drug-likeness (QED) is 0.833. The number of esters is 1. The van der Waals surface area contributed by atoms with E-state index in [0.29, 0.717) is 11.1 Å². The lowest BCUT2D eigenvalue weighted by atomic mass is 10.0. The van der Waals surface area contributed by atoms with Crippen LogP contribution in [-0.2, 0) is 4.74 Å². The van der Waals surface area contributed by atoms with Crippen molar-refractivity contribution in [1.82, 2.24) is 5.32 Å². The van der Waals surface area contributed by atoms with Crippen LogP contribution < -0.4 is 5.32 Å². The van der Waals surface area contributed by atoms with E-state index in [4.69, 9.17) is 4.74 Å². The summed E-state index contributed by atoms with van der Waals surface area (Å²) in [5, 5.41) is 2.56. The summed E-state index contributed by atoms with van der Waals surface area (Å²) >= 11 is 0. The van der Waals surface area contributed by atoms with Crippen molar-refractivity contribution < 1.29 is 14.3 Å². The van der Waals surface area contributed by atoms with Gasteiger partial charge in [0, 0.05) is 12.6 Å². The molecular formula is C14H19NO3. The summed E-state index contributed by atoms with van der Waals surface area (Å²) in [6.45, 7) is 5.60. The molecule has 0 bridgehead atoms. The first kappa shape index (κ1) is 14.2. The van der Waals surface area contributed by atoms with Gasteiger partial charge < -0.3 is 10.1 Å². The molecule has 1 unspecified atom stereocenters. The summed E-state index contributed by atoms with van der Waals surface area (Å²) in [5.41, 5.74) is 1.80. The van der Waals surface area contributed by atoms with Crippen LogP contribution in [0.15, 0.2) is 18.2 Å². The molecule has 4 nitrogen and oxygen atoms in total. The Morgan fingerprint density at radius 3 is 2.56 bits per heavy atom. The van der Waals surface area contributed by atoms with Gasteiger partial charge in [-0.3, -0.25) is 4.79 Å². The van der Waals surface area contributed by atoms with Crippen LogP contribution in [0.1, 0.15) is 46.5 Å². The second-order valence-corrected chi connectivity index (χ2v) is 4.23. The molecule has 0 aromatic heterocycles. The first-order valence-electron chi connectivity index (χ1n) is 6.03. The SMILES string of the molecule is CCC(C)OC(=O)c1ccc(C(=O)NC)c(C)c1. The van der Waals surface area contributed by atoms with Gasteiger partial charge in [-0.05, 0) is 44.0 Å². The van der Waals surface area contributed by atoms with Gasteiger partial charge in [-0.1, -0.05) is 6.92 Å². The van der Waals surface area contributed by atoms with E-state index in [1.807, 2.05) is 13.8 Å². The summed E-state index contributed by atoms with van der Waals surface area (Å²) in [5.74, 6) is -0.509. The van der Waals surface area contributed by atoms with Gasteiger partial charge in [-0.15, -0.1) is 0 Å². The van der Waals surface area contributed by atoms with Crippen molar-refractivity contribution in [1.29, 1.82) is 0 Å². The zero-order valence-electron chi connectivity index (χ0n) is 11.2. The average molecular weight is 249 g/mol. The monoisotopic (exact) mass is 249 g/mol. The highest BCUT2D eigenvalue weighted by molar-refractivity contribution is 5.97. The molecule has 0 aliphatic carbocycles. The number of carbonyl (C=O) groups is 2. The standard InChI is InChI=1S/C14H19NO3/c1-5-10(3)18-14(17)11-6-7-12(9(2)8-11)13(16)15-4/h6-8,10H,5H2,1-4H3,(H,15,16). The number of hydrogen-bond donors (Lipinski definition) is 1. The average Bonchev–Trinajstić information content (AvgIpc) is 2.37. The molecule has 0 spiro atoms. The summed E-state index contributed by atoms with van der Waals surface area (Å²) in [7, 11) is 1.58. The number of carbonyl (C=O) groups excluding carboxylic acids is 2. The van der Waals surface area contributed by atoms with Crippen LogP contribution in [0, 0.1) is 6.92 Å². The van der Waals surface area contributed by atoms with E-state index in [1.165, 1.54) is 0 Å². The maximum Gasteiger partial charge on any atom is 0.338 e. The highest BCUT2D eigenvalue weighted by Crippen LogP contribution is 2.13. The van der Waals surface area contributed by atoms with Gasteiger partial charge in [0.2, 0.25) is 0 Å². The molecule has 4 heteroatoms. The second-order valence-electron chi connectivity index (χ2n) is 4.23. The highest BCUT2D eigenvalue weighted by Gasteiger charge is 2.14. The van der Waals surface area contributed by atoms with E-state index in [9.17, 15) is 9.59 Å². The van der Waals surface area contributed by atoms with Crippen LogP contribution in [0.4, 0.5) is 0 Å².